The second-order valence-corrected chi connectivity index (χ2v) is 5.64. The minimum Gasteiger partial charge on any atom is -0.398 e. The molecule has 3 nitrogen and oxygen atoms in total. The fourth-order valence-electron chi connectivity index (χ4n) is 2.70. The fourth-order valence-corrected chi connectivity index (χ4v) is 2.97. The summed E-state index contributed by atoms with van der Waals surface area (Å²) in [5, 5.41) is 0.655. The molecule has 1 fully saturated rings. The normalized spacial score (nSPS) is 14.8. The fraction of sp³-hybridized carbons (Fsp3) is 0.188. The molecule has 0 aliphatic heterocycles. The molecule has 1 heterocycles. The Morgan fingerprint density at radius 2 is 1.90 bits per heavy atom. The average Bonchev–Trinajstić information content (AvgIpc) is 3.19. The molecular weight excluding hydrogens is 270 g/mol. The van der Waals surface area contributed by atoms with Gasteiger partial charge in [0.1, 0.15) is 5.82 Å². The van der Waals surface area contributed by atoms with Crippen LogP contribution >= 0.6 is 11.6 Å². The highest BCUT2D eigenvalue weighted by Crippen LogP contribution is 2.43. The van der Waals surface area contributed by atoms with Gasteiger partial charge < -0.3 is 10.3 Å². The zero-order valence-corrected chi connectivity index (χ0v) is 11.6. The third-order valence-electron chi connectivity index (χ3n) is 3.78. The molecule has 1 saturated carbocycles. The van der Waals surface area contributed by atoms with E-state index in [2.05, 4.69) is 10.6 Å². The highest BCUT2D eigenvalue weighted by molar-refractivity contribution is 6.33. The summed E-state index contributed by atoms with van der Waals surface area (Å²) in [4.78, 5) is 4.76. The van der Waals surface area contributed by atoms with Crippen molar-refractivity contribution >= 4 is 28.3 Å². The quantitative estimate of drug-likeness (QED) is 0.714. The number of imidazole rings is 1. The number of fused-ring (bicyclic) bond motifs is 1. The monoisotopic (exact) mass is 283 g/mol. The van der Waals surface area contributed by atoms with Gasteiger partial charge in [-0.25, -0.2) is 4.98 Å². The number of nitrogen functional groups attached to an aromatic ring is 1. The van der Waals surface area contributed by atoms with Gasteiger partial charge in [-0.3, -0.25) is 0 Å². The van der Waals surface area contributed by atoms with E-state index in [1.165, 1.54) is 12.8 Å². The summed E-state index contributed by atoms with van der Waals surface area (Å²) >= 11 is 6.36. The minimum absolute atomic E-state index is 0.521. The second-order valence-electron chi connectivity index (χ2n) is 5.23. The Balaban J connectivity index is 2.07. The Labute approximate surface area is 122 Å². The molecule has 2 aromatic carbocycles. The zero-order chi connectivity index (χ0) is 13.7. The van der Waals surface area contributed by atoms with Crippen LogP contribution in [0, 0.1) is 0 Å². The van der Waals surface area contributed by atoms with Crippen LogP contribution in [0.5, 0.6) is 0 Å². The molecule has 20 heavy (non-hydrogen) atoms. The molecule has 1 aromatic heterocycles. The van der Waals surface area contributed by atoms with Gasteiger partial charge in [0.05, 0.1) is 21.6 Å². The second kappa shape index (κ2) is 4.25. The molecule has 0 atom stereocenters. The zero-order valence-electron chi connectivity index (χ0n) is 10.9. The summed E-state index contributed by atoms with van der Waals surface area (Å²) in [5.74, 6) is 0.886. The van der Waals surface area contributed by atoms with Gasteiger partial charge in [0.2, 0.25) is 0 Å². The molecule has 0 unspecified atom stereocenters. The van der Waals surface area contributed by atoms with Gasteiger partial charge >= 0.3 is 0 Å². The number of halogens is 1. The summed E-state index contributed by atoms with van der Waals surface area (Å²) in [7, 11) is 0. The van der Waals surface area contributed by atoms with Gasteiger partial charge in [-0.15, -0.1) is 0 Å². The largest absolute Gasteiger partial charge is 0.398 e. The van der Waals surface area contributed by atoms with Crippen molar-refractivity contribution in [1.29, 1.82) is 0 Å². The van der Waals surface area contributed by atoms with Gasteiger partial charge in [0.25, 0.3) is 0 Å². The Morgan fingerprint density at radius 3 is 2.65 bits per heavy atom. The number of nitrogens with two attached hydrogens (primary N) is 1. The smallest absolute Gasteiger partial charge is 0.144 e. The van der Waals surface area contributed by atoms with E-state index < -0.39 is 0 Å². The Kier molecular flexibility index (Phi) is 2.51. The lowest BCUT2D eigenvalue weighted by molar-refractivity contribution is 0.775. The summed E-state index contributed by atoms with van der Waals surface area (Å²) < 4.78 is 2.28. The van der Waals surface area contributed by atoms with Crippen LogP contribution in [0.3, 0.4) is 0 Å². The molecule has 0 bridgehead atoms. The van der Waals surface area contributed by atoms with Gasteiger partial charge in [-0.1, -0.05) is 29.8 Å². The molecule has 4 rings (SSSR count). The van der Waals surface area contributed by atoms with Crippen molar-refractivity contribution in [3.63, 3.8) is 0 Å². The summed E-state index contributed by atoms with van der Waals surface area (Å²) in [6.45, 7) is 0. The maximum Gasteiger partial charge on any atom is 0.144 e. The van der Waals surface area contributed by atoms with E-state index in [1.807, 2.05) is 36.4 Å². The SMILES string of the molecule is Nc1cccc(Cl)c1-c1nc2ccccc2n1C1CC1. The molecule has 3 aromatic rings. The first-order chi connectivity index (χ1) is 9.75. The lowest BCUT2D eigenvalue weighted by atomic mass is 10.1. The third-order valence-corrected chi connectivity index (χ3v) is 4.09. The van der Waals surface area contributed by atoms with E-state index in [1.54, 1.807) is 0 Å². The molecule has 1 aliphatic rings. The third kappa shape index (κ3) is 1.70. The van der Waals surface area contributed by atoms with Crippen LogP contribution in [0.1, 0.15) is 18.9 Å². The number of benzene rings is 2. The lowest BCUT2D eigenvalue weighted by Gasteiger charge is -2.11. The Morgan fingerprint density at radius 1 is 1.10 bits per heavy atom. The van der Waals surface area contributed by atoms with Crippen LogP contribution in [0.2, 0.25) is 5.02 Å². The first kappa shape index (κ1) is 11.8. The number of anilines is 1. The lowest BCUT2D eigenvalue weighted by Crippen LogP contribution is -2.00. The van der Waals surface area contributed by atoms with E-state index in [4.69, 9.17) is 22.3 Å². The first-order valence-corrected chi connectivity index (χ1v) is 7.15. The van der Waals surface area contributed by atoms with Crippen LogP contribution in [-0.4, -0.2) is 9.55 Å². The average molecular weight is 284 g/mol. The molecule has 0 spiro atoms. The Hall–Kier alpha value is -2.00. The van der Waals surface area contributed by atoms with Crippen LogP contribution in [0.4, 0.5) is 5.69 Å². The number of rotatable bonds is 2. The maximum absolute atomic E-state index is 6.36. The standard InChI is InChI=1S/C16H14ClN3/c17-11-4-3-5-12(18)15(11)16-19-13-6-1-2-7-14(13)20(16)10-8-9-10/h1-7,10H,8-9,18H2. The molecule has 4 heteroatoms. The number of nitrogens with zero attached hydrogens (tertiary/aromatic N) is 2. The van der Waals surface area contributed by atoms with E-state index >= 15 is 0 Å². The molecule has 0 radical (unpaired) electrons. The first-order valence-electron chi connectivity index (χ1n) is 6.77. The molecule has 0 amide bonds. The number of para-hydroxylation sites is 2. The molecule has 1 aliphatic carbocycles. The van der Waals surface area contributed by atoms with Crippen molar-refractivity contribution in [3.05, 3.63) is 47.5 Å². The van der Waals surface area contributed by atoms with Crippen molar-refractivity contribution in [3.8, 4) is 11.4 Å². The van der Waals surface area contributed by atoms with Crippen LogP contribution in [0.25, 0.3) is 22.4 Å². The van der Waals surface area contributed by atoms with Gasteiger partial charge in [0, 0.05) is 11.7 Å². The van der Waals surface area contributed by atoms with E-state index in [-0.39, 0.29) is 0 Å². The molecule has 100 valence electrons. The van der Waals surface area contributed by atoms with E-state index in [0.717, 1.165) is 22.4 Å². The van der Waals surface area contributed by atoms with Gasteiger partial charge in [-0.05, 0) is 37.1 Å². The number of hydrogen-bond donors (Lipinski definition) is 1. The van der Waals surface area contributed by atoms with Gasteiger partial charge in [0.15, 0.2) is 0 Å². The Bertz CT molecular complexity index is 782. The highest BCUT2D eigenvalue weighted by Gasteiger charge is 2.29. The summed E-state index contributed by atoms with van der Waals surface area (Å²) in [6.07, 6.45) is 2.38. The maximum atomic E-state index is 6.36. The predicted molar refractivity (Wildman–Crippen MR) is 82.9 cm³/mol. The van der Waals surface area contributed by atoms with E-state index in [9.17, 15) is 0 Å². The van der Waals surface area contributed by atoms with Crippen molar-refractivity contribution in [2.24, 2.45) is 0 Å². The predicted octanol–water partition coefficient (Wildman–Crippen LogP) is 4.27. The van der Waals surface area contributed by atoms with Gasteiger partial charge in [-0.2, -0.15) is 0 Å². The molecule has 0 saturated heterocycles. The van der Waals surface area contributed by atoms with E-state index in [0.29, 0.717) is 16.8 Å². The number of aromatic nitrogens is 2. The van der Waals surface area contributed by atoms with Crippen LogP contribution in [0.15, 0.2) is 42.5 Å². The molecule has 2 N–H and O–H groups in total. The number of hydrogen-bond acceptors (Lipinski definition) is 2. The van der Waals surface area contributed by atoms with Crippen molar-refractivity contribution < 1.29 is 0 Å². The minimum atomic E-state index is 0.521. The molecular formula is C16H14ClN3. The van der Waals surface area contributed by atoms with Crippen LogP contribution < -0.4 is 5.73 Å². The highest BCUT2D eigenvalue weighted by atomic mass is 35.5. The van der Waals surface area contributed by atoms with Crippen molar-refractivity contribution in [1.82, 2.24) is 9.55 Å². The summed E-state index contributed by atoms with van der Waals surface area (Å²) in [6, 6.07) is 14.3. The topological polar surface area (TPSA) is 43.8 Å². The van der Waals surface area contributed by atoms with Crippen molar-refractivity contribution in [2.45, 2.75) is 18.9 Å². The van der Waals surface area contributed by atoms with Crippen LogP contribution in [-0.2, 0) is 0 Å². The van der Waals surface area contributed by atoms with Crippen molar-refractivity contribution in [2.75, 3.05) is 5.73 Å². The summed E-state index contributed by atoms with van der Waals surface area (Å²) in [5.41, 5.74) is 9.80.